The molecule has 0 unspecified atom stereocenters. The van der Waals surface area contributed by atoms with Gasteiger partial charge < -0.3 is 25.0 Å². The van der Waals surface area contributed by atoms with Crippen molar-refractivity contribution in [3.05, 3.63) is 23.8 Å². The zero-order valence-electron chi connectivity index (χ0n) is 19.5. The maximum Gasteiger partial charge on any atom is 0.317 e. The number of carbonyl (C=O) groups is 2. The fourth-order valence-electron chi connectivity index (χ4n) is 3.45. The summed E-state index contributed by atoms with van der Waals surface area (Å²) < 4.78 is 32.4. The van der Waals surface area contributed by atoms with Crippen molar-refractivity contribution >= 4 is 27.6 Å². The van der Waals surface area contributed by atoms with Crippen LogP contribution in [0, 0.1) is 5.92 Å². The van der Waals surface area contributed by atoms with Gasteiger partial charge in [-0.05, 0) is 32.9 Å². The Kier molecular flexibility index (Phi) is 8.35. The fourth-order valence-corrected chi connectivity index (χ4v) is 4.01. The number of hydrogen-bond donors (Lipinski definition) is 3. The fraction of sp³-hybridized carbons (Fsp3) is 0.619. The number of sulfonamides is 1. The maximum atomic E-state index is 13.3. The molecular formula is C21H34N4O6S. The minimum Gasteiger partial charge on any atom is -0.485 e. The summed E-state index contributed by atoms with van der Waals surface area (Å²) in [4.78, 5) is 28.8. The molecule has 10 nitrogen and oxygen atoms in total. The Morgan fingerprint density at radius 3 is 2.56 bits per heavy atom. The largest absolute Gasteiger partial charge is 0.485 e. The Balaban J connectivity index is 2.51. The first kappa shape index (κ1) is 25.7. The summed E-state index contributed by atoms with van der Waals surface area (Å²) in [6, 6.07) is 3.89. The molecule has 0 radical (unpaired) electrons. The van der Waals surface area contributed by atoms with Crippen LogP contribution in [0.5, 0.6) is 5.75 Å². The van der Waals surface area contributed by atoms with Gasteiger partial charge in [0.2, 0.25) is 10.0 Å². The molecule has 1 aliphatic rings. The molecule has 0 saturated heterocycles. The maximum absolute atomic E-state index is 13.3. The molecule has 1 heterocycles. The van der Waals surface area contributed by atoms with Crippen LogP contribution in [0.15, 0.2) is 18.2 Å². The number of fused-ring (bicyclic) bond motifs is 1. The van der Waals surface area contributed by atoms with Gasteiger partial charge in [0.05, 0.1) is 36.7 Å². The zero-order chi connectivity index (χ0) is 24.2. The van der Waals surface area contributed by atoms with E-state index in [1.165, 1.54) is 11.0 Å². The van der Waals surface area contributed by atoms with Crippen LogP contribution < -0.4 is 14.8 Å². The number of ether oxygens (including phenoxy) is 1. The monoisotopic (exact) mass is 470 g/mol. The molecule has 0 saturated carbocycles. The lowest BCUT2D eigenvalue weighted by Gasteiger charge is -2.38. The molecule has 3 N–H and O–H groups in total. The number of hydrogen-bond acceptors (Lipinski definition) is 6. The Labute approximate surface area is 190 Å². The molecule has 2 rings (SSSR count). The molecule has 180 valence electrons. The van der Waals surface area contributed by atoms with Gasteiger partial charge in [0.25, 0.3) is 5.91 Å². The quantitative estimate of drug-likeness (QED) is 0.552. The van der Waals surface area contributed by atoms with E-state index in [1.54, 1.807) is 31.0 Å². The van der Waals surface area contributed by atoms with Crippen molar-refractivity contribution in [2.24, 2.45) is 5.92 Å². The number of anilines is 1. The summed E-state index contributed by atoms with van der Waals surface area (Å²) in [6.45, 7) is 7.64. The van der Waals surface area contributed by atoms with Gasteiger partial charge in [0.15, 0.2) is 5.75 Å². The number of likely N-dealkylation sites (N-methyl/N-ethyl adjacent to an activating group) is 1. The molecule has 0 aromatic heterocycles. The molecule has 0 fully saturated rings. The Hall–Kier alpha value is -2.53. The second-order valence-electron chi connectivity index (χ2n) is 8.66. The summed E-state index contributed by atoms with van der Waals surface area (Å²) in [5, 5.41) is 12.5. The number of amides is 3. The minimum atomic E-state index is -3.63. The van der Waals surface area contributed by atoms with Crippen molar-refractivity contribution in [2.75, 3.05) is 37.7 Å². The number of aliphatic hydroxyl groups is 1. The SMILES string of the molecule is CC(C)NC(=O)N(C)C[C@@H]1Oc2c(NS(C)(=O)=O)cccc2C(=O)N([C@@H](C)CO)C[C@@H]1C. The van der Waals surface area contributed by atoms with Crippen molar-refractivity contribution in [2.45, 2.75) is 45.9 Å². The third-order valence-corrected chi connectivity index (χ3v) is 5.79. The Morgan fingerprint density at radius 2 is 2.00 bits per heavy atom. The third-order valence-electron chi connectivity index (χ3n) is 5.20. The molecule has 1 aromatic rings. The van der Waals surface area contributed by atoms with E-state index in [0.29, 0.717) is 6.54 Å². The van der Waals surface area contributed by atoms with Gasteiger partial charge in [-0.1, -0.05) is 13.0 Å². The first-order chi connectivity index (χ1) is 14.8. The van der Waals surface area contributed by atoms with Crippen LogP contribution in [0.3, 0.4) is 0 Å². The summed E-state index contributed by atoms with van der Waals surface area (Å²) in [5.41, 5.74) is 0.327. The first-order valence-corrected chi connectivity index (χ1v) is 12.4. The average molecular weight is 471 g/mol. The summed E-state index contributed by atoms with van der Waals surface area (Å²) >= 11 is 0. The van der Waals surface area contributed by atoms with Gasteiger partial charge in [-0.25, -0.2) is 13.2 Å². The number of aliphatic hydroxyl groups excluding tert-OH is 1. The summed E-state index contributed by atoms with van der Waals surface area (Å²) in [6.07, 6.45) is 0.474. The number of nitrogens with zero attached hydrogens (tertiary/aromatic N) is 2. The van der Waals surface area contributed by atoms with Crippen molar-refractivity contribution in [3.8, 4) is 5.75 Å². The predicted octanol–water partition coefficient (Wildman–Crippen LogP) is 1.33. The number of nitrogens with one attached hydrogen (secondary N) is 2. The van der Waals surface area contributed by atoms with E-state index in [2.05, 4.69) is 10.0 Å². The van der Waals surface area contributed by atoms with Crippen LogP contribution in [-0.4, -0.2) is 86.4 Å². The van der Waals surface area contributed by atoms with Crippen LogP contribution in [0.25, 0.3) is 0 Å². The molecule has 11 heteroatoms. The van der Waals surface area contributed by atoms with Crippen molar-refractivity contribution < 1.29 is 27.9 Å². The standard InChI is InChI=1S/C21H34N4O6S/c1-13(2)22-21(28)24(5)11-18-14(3)10-25(15(4)12-26)20(27)16-8-7-9-17(19(16)31-18)23-32(6,29)30/h7-9,13-15,18,23,26H,10-12H2,1-6H3,(H,22,28)/t14-,15-,18-/m0/s1. The topological polar surface area (TPSA) is 128 Å². The molecule has 3 atom stereocenters. The molecular weight excluding hydrogens is 436 g/mol. The number of benzene rings is 1. The highest BCUT2D eigenvalue weighted by Crippen LogP contribution is 2.35. The van der Waals surface area contributed by atoms with Crippen molar-refractivity contribution in [1.29, 1.82) is 0 Å². The van der Waals surface area contributed by atoms with Gasteiger partial charge in [-0.3, -0.25) is 9.52 Å². The van der Waals surface area contributed by atoms with Gasteiger partial charge >= 0.3 is 6.03 Å². The molecule has 1 aromatic carbocycles. The normalized spacial score (nSPS) is 20.0. The van der Waals surface area contributed by atoms with E-state index >= 15 is 0 Å². The second kappa shape index (κ2) is 10.4. The smallest absolute Gasteiger partial charge is 0.317 e. The summed E-state index contributed by atoms with van der Waals surface area (Å²) in [7, 11) is -1.99. The molecule has 1 aliphatic heterocycles. The van der Waals surface area contributed by atoms with Crippen LogP contribution in [0.1, 0.15) is 38.1 Å². The van der Waals surface area contributed by atoms with E-state index in [0.717, 1.165) is 6.26 Å². The predicted molar refractivity (Wildman–Crippen MR) is 122 cm³/mol. The van der Waals surface area contributed by atoms with Gasteiger partial charge in [-0.15, -0.1) is 0 Å². The van der Waals surface area contributed by atoms with Crippen LogP contribution in [0.4, 0.5) is 10.5 Å². The molecule has 0 bridgehead atoms. The lowest BCUT2D eigenvalue weighted by molar-refractivity contribution is 0.0369. The Morgan fingerprint density at radius 1 is 1.34 bits per heavy atom. The summed E-state index contributed by atoms with van der Waals surface area (Å²) in [5.74, 6) is -0.483. The highest BCUT2D eigenvalue weighted by molar-refractivity contribution is 7.92. The third kappa shape index (κ3) is 6.49. The zero-order valence-corrected chi connectivity index (χ0v) is 20.3. The van der Waals surface area contributed by atoms with E-state index in [-0.39, 0.29) is 54.1 Å². The highest BCUT2D eigenvalue weighted by Gasteiger charge is 2.35. The van der Waals surface area contributed by atoms with E-state index in [1.807, 2.05) is 20.8 Å². The molecule has 0 spiro atoms. The number of rotatable bonds is 7. The molecule has 0 aliphatic carbocycles. The number of para-hydroxylation sites is 1. The van der Waals surface area contributed by atoms with E-state index in [9.17, 15) is 23.1 Å². The van der Waals surface area contributed by atoms with Gasteiger partial charge in [0, 0.05) is 25.6 Å². The first-order valence-electron chi connectivity index (χ1n) is 10.5. The lowest BCUT2D eigenvalue weighted by Crippen LogP contribution is -2.51. The van der Waals surface area contributed by atoms with E-state index in [4.69, 9.17) is 4.74 Å². The van der Waals surface area contributed by atoms with Gasteiger partial charge in [-0.2, -0.15) is 0 Å². The average Bonchev–Trinajstić information content (AvgIpc) is 2.68. The van der Waals surface area contributed by atoms with Crippen LogP contribution in [-0.2, 0) is 10.0 Å². The van der Waals surface area contributed by atoms with Crippen LogP contribution in [0.2, 0.25) is 0 Å². The lowest BCUT2D eigenvalue weighted by atomic mass is 9.99. The Bertz CT molecular complexity index is 936. The number of carbonyl (C=O) groups excluding carboxylic acids is 2. The number of urea groups is 1. The molecule has 32 heavy (non-hydrogen) atoms. The minimum absolute atomic E-state index is 0.0366. The highest BCUT2D eigenvalue weighted by atomic mass is 32.2. The molecule has 3 amide bonds. The van der Waals surface area contributed by atoms with Crippen LogP contribution >= 0.6 is 0 Å². The van der Waals surface area contributed by atoms with Crippen molar-refractivity contribution in [3.63, 3.8) is 0 Å². The van der Waals surface area contributed by atoms with Crippen molar-refractivity contribution in [1.82, 2.24) is 15.1 Å². The second-order valence-corrected chi connectivity index (χ2v) is 10.4. The van der Waals surface area contributed by atoms with Gasteiger partial charge in [0.1, 0.15) is 6.10 Å². The van der Waals surface area contributed by atoms with E-state index < -0.39 is 22.2 Å².